The third kappa shape index (κ3) is 2.95. The van der Waals surface area contributed by atoms with E-state index in [1.54, 1.807) is 12.3 Å². The van der Waals surface area contributed by atoms with Gasteiger partial charge in [0.25, 0.3) is 5.91 Å². The van der Waals surface area contributed by atoms with E-state index in [4.69, 9.17) is 4.42 Å². The van der Waals surface area contributed by atoms with Crippen molar-refractivity contribution < 1.29 is 9.21 Å². The van der Waals surface area contributed by atoms with E-state index >= 15 is 0 Å². The highest BCUT2D eigenvalue weighted by Gasteiger charge is 2.12. The van der Waals surface area contributed by atoms with Crippen molar-refractivity contribution in [3.63, 3.8) is 0 Å². The van der Waals surface area contributed by atoms with Crippen LogP contribution < -0.4 is 5.32 Å². The van der Waals surface area contributed by atoms with E-state index in [1.807, 2.05) is 62.4 Å². The molecule has 0 atom stereocenters. The number of nitrogens with one attached hydrogen (secondary N) is 1. The number of aryl methyl sites for hydroxylation is 2. The second-order valence-electron chi connectivity index (χ2n) is 6.07. The summed E-state index contributed by atoms with van der Waals surface area (Å²) in [5.74, 6) is 1.22. The first-order valence-electron chi connectivity index (χ1n) is 8.31. The first kappa shape index (κ1) is 16.0. The van der Waals surface area contributed by atoms with Crippen LogP contribution in [0.15, 0.2) is 65.2 Å². The number of nitrogens with zero attached hydrogens (tertiary/aromatic N) is 2. The van der Waals surface area contributed by atoms with Gasteiger partial charge in [-0.3, -0.25) is 9.78 Å². The summed E-state index contributed by atoms with van der Waals surface area (Å²) in [4.78, 5) is 21.3. The molecule has 0 radical (unpaired) electrons. The number of anilines is 1. The van der Waals surface area contributed by atoms with Gasteiger partial charge in [-0.05, 0) is 56.3 Å². The molecule has 0 aliphatic carbocycles. The number of carbonyl (C=O) groups excluding carboxylic acids is 1. The Morgan fingerprint density at radius 2 is 1.81 bits per heavy atom. The zero-order valence-electron chi connectivity index (χ0n) is 14.5. The molecule has 5 heteroatoms. The molecule has 5 nitrogen and oxygen atoms in total. The van der Waals surface area contributed by atoms with Gasteiger partial charge in [0.15, 0.2) is 0 Å². The van der Waals surface area contributed by atoms with Crippen LogP contribution in [0.25, 0.3) is 22.4 Å². The second-order valence-corrected chi connectivity index (χ2v) is 6.07. The van der Waals surface area contributed by atoms with Crippen molar-refractivity contribution in [1.82, 2.24) is 9.97 Å². The summed E-state index contributed by atoms with van der Waals surface area (Å²) in [6, 6.07) is 16.7. The zero-order chi connectivity index (χ0) is 18.1. The molecule has 0 saturated carbocycles. The van der Waals surface area contributed by atoms with E-state index in [1.165, 1.54) is 0 Å². The molecule has 2 aromatic heterocycles. The first-order chi connectivity index (χ1) is 12.6. The van der Waals surface area contributed by atoms with Gasteiger partial charge < -0.3 is 9.73 Å². The Morgan fingerprint density at radius 1 is 1.00 bits per heavy atom. The predicted octanol–water partition coefficient (Wildman–Crippen LogP) is 4.76. The summed E-state index contributed by atoms with van der Waals surface area (Å²) in [5, 5.41) is 3.76. The minimum Gasteiger partial charge on any atom is -0.441 e. The predicted molar refractivity (Wildman–Crippen MR) is 101 cm³/mol. The van der Waals surface area contributed by atoms with Gasteiger partial charge in [-0.1, -0.05) is 12.1 Å². The monoisotopic (exact) mass is 343 g/mol. The molecule has 26 heavy (non-hydrogen) atoms. The highest BCUT2D eigenvalue weighted by molar-refractivity contribution is 6.12. The minimum atomic E-state index is -0.167. The van der Waals surface area contributed by atoms with Crippen molar-refractivity contribution in [2.45, 2.75) is 13.8 Å². The molecule has 2 aromatic carbocycles. The smallest absolute Gasteiger partial charge is 0.256 e. The van der Waals surface area contributed by atoms with Gasteiger partial charge in [0.1, 0.15) is 5.76 Å². The maximum Gasteiger partial charge on any atom is 0.256 e. The third-order valence-electron chi connectivity index (χ3n) is 4.31. The van der Waals surface area contributed by atoms with Gasteiger partial charge in [-0.2, -0.15) is 0 Å². The van der Waals surface area contributed by atoms with Crippen LogP contribution in [0, 0.1) is 13.8 Å². The van der Waals surface area contributed by atoms with Crippen LogP contribution in [-0.4, -0.2) is 15.9 Å². The van der Waals surface area contributed by atoms with Crippen LogP contribution >= 0.6 is 0 Å². The number of hydrogen-bond donors (Lipinski definition) is 1. The summed E-state index contributed by atoms with van der Waals surface area (Å²) in [5.41, 5.74) is 3.85. The van der Waals surface area contributed by atoms with Gasteiger partial charge in [0.05, 0.1) is 11.2 Å². The molecule has 0 aliphatic rings. The molecule has 0 spiro atoms. The number of benzene rings is 2. The average molecular weight is 343 g/mol. The van der Waals surface area contributed by atoms with Crippen LogP contribution in [0.5, 0.6) is 0 Å². The quantitative estimate of drug-likeness (QED) is 0.582. The zero-order valence-corrected chi connectivity index (χ0v) is 14.5. The average Bonchev–Trinajstić information content (AvgIpc) is 3.00. The van der Waals surface area contributed by atoms with Crippen molar-refractivity contribution in [2.75, 3.05) is 5.32 Å². The van der Waals surface area contributed by atoms with E-state index in [-0.39, 0.29) is 5.91 Å². The number of oxazole rings is 1. The number of fused-ring (bicyclic) bond motifs is 1. The molecule has 0 bridgehead atoms. The van der Waals surface area contributed by atoms with Gasteiger partial charge in [-0.15, -0.1) is 0 Å². The molecule has 0 saturated heterocycles. The van der Waals surface area contributed by atoms with Gasteiger partial charge in [0, 0.05) is 28.4 Å². The molecule has 0 unspecified atom stereocenters. The van der Waals surface area contributed by atoms with E-state index < -0.39 is 0 Å². The molecule has 4 aromatic rings. The maximum absolute atomic E-state index is 12.7. The normalized spacial score (nSPS) is 10.8. The number of amides is 1. The molecule has 128 valence electrons. The van der Waals surface area contributed by atoms with Gasteiger partial charge >= 0.3 is 0 Å². The SMILES string of the molecule is Cc1nc(-c2ccc(NC(=O)c3cccc4ncccc34)cc2)oc1C. The Balaban J connectivity index is 1.58. The van der Waals surface area contributed by atoms with Crippen LogP contribution in [0.3, 0.4) is 0 Å². The minimum absolute atomic E-state index is 0.167. The first-order valence-corrected chi connectivity index (χ1v) is 8.31. The molecule has 0 fully saturated rings. The van der Waals surface area contributed by atoms with E-state index in [0.29, 0.717) is 17.1 Å². The highest BCUT2D eigenvalue weighted by atomic mass is 16.4. The van der Waals surface area contributed by atoms with E-state index in [0.717, 1.165) is 27.9 Å². The Morgan fingerprint density at radius 3 is 2.54 bits per heavy atom. The van der Waals surface area contributed by atoms with E-state index in [9.17, 15) is 4.79 Å². The number of hydrogen-bond acceptors (Lipinski definition) is 4. The van der Waals surface area contributed by atoms with Crippen LogP contribution in [0.4, 0.5) is 5.69 Å². The fraction of sp³-hybridized carbons (Fsp3) is 0.0952. The van der Waals surface area contributed by atoms with Gasteiger partial charge in [-0.25, -0.2) is 4.98 Å². The van der Waals surface area contributed by atoms with Crippen molar-refractivity contribution >= 4 is 22.5 Å². The highest BCUT2D eigenvalue weighted by Crippen LogP contribution is 2.24. The maximum atomic E-state index is 12.7. The molecule has 0 aliphatic heterocycles. The lowest BCUT2D eigenvalue weighted by Gasteiger charge is -2.08. The summed E-state index contributed by atoms with van der Waals surface area (Å²) in [6.07, 6.45) is 1.72. The van der Waals surface area contributed by atoms with Crippen LogP contribution in [0.2, 0.25) is 0 Å². The van der Waals surface area contributed by atoms with Crippen molar-refractivity contribution in [3.05, 3.63) is 77.8 Å². The summed E-state index contributed by atoms with van der Waals surface area (Å²) < 4.78 is 5.63. The fourth-order valence-electron chi connectivity index (χ4n) is 2.79. The molecule has 2 heterocycles. The molecule has 4 rings (SSSR count). The lowest BCUT2D eigenvalue weighted by atomic mass is 10.1. The number of aromatic nitrogens is 2. The van der Waals surface area contributed by atoms with E-state index in [2.05, 4.69) is 15.3 Å². The summed E-state index contributed by atoms with van der Waals surface area (Å²) in [6.45, 7) is 3.80. The number of carbonyl (C=O) groups is 1. The molecular weight excluding hydrogens is 326 g/mol. The van der Waals surface area contributed by atoms with Crippen LogP contribution in [-0.2, 0) is 0 Å². The van der Waals surface area contributed by atoms with Crippen LogP contribution in [0.1, 0.15) is 21.8 Å². The number of pyridine rings is 1. The molecule has 1 amide bonds. The standard InChI is InChI=1S/C21H17N3O2/c1-13-14(2)26-21(23-13)15-8-10-16(11-9-15)24-20(25)18-5-3-7-19-17(18)6-4-12-22-19/h3-12H,1-2H3,(H,24,25). The van der Waals surface area contributed by atoms with Crippen molar-refractivity contribution in [3.8, 4) is 11.5 Å². The Kier molecular flexibility index (Phi) is 3.97. The van der Waals surface area contributed by atoms with Gasteiger partial charge in [0.2, 0.25) is 5.89 Å². The third-order valence-corrected chi connectivity index (χ3v) is 4.31. The summed E-state index contributed by atoms with van der Waals surface area (Å²) >= 11 is 0. The summed E-state index contributed by atoms with van der Waals surface area (Å²) in [7, 11) is 0. The molecule has 1 N–H and O–H groups in total. The lowest BCUT2D eigenvalue weighted by molar-refractivity contribution is 0.102. The lowest BCUT2D eigenvalue weighted by Crippen LogP contribution is -2.12. The number of rotatable bonds is 3. The molecular formula is C21H17N3O2. The largest absolute Gasteiger partial charge is 0.441 e. The topological polar surface area (TPSA) is 68.0 Å². The second kappa shape index (κ2) is 6.44. The van der Waals surface area contributed by atoms with Crippen molar-refractivity contribution in [2.24, 2.45) is 0 Å². The fourth-order valence-corrected chi connectivity index (χ4v) is 2.79. The Hall–Kier alpha value is -3.47. The Bertz CT molecular complexity index is 1070. The van der Waals surface area contributed by atoms with Crippen molar-refractivity contribution in [1.29, 1.82) is 0 Å². The Labute approximate surface area is 150 Å².